The van der Waals surface area contributed by atoms with E-state index in [9.17, 15) is 4.79 Å². The molecule has 1 fully saturated rings. The molecule has 0 N–H and O–H groups in total. The Hall–Kier alpha value is -4.25. The van der Waals surface area contributed by atoms with E-state index in [1.54, 1.807) is 5.01 Å². The van der Waals surface area contributed by atoms with Gasteiger partial charge in [0.15, 0.2) is 0 Å². The van der Waals surface area contributed by atoms with Crippen molar-refractivity contribution < 1.29 is 4.79 Å². The number of benzene rings is 4. The number of carbonyl (C=O) groups excluding carboxylic acids is 1. The van der Waals surface area contributed by atoms with Crippen LogP contribution in [0.2, 0.25) is 10.0 Å². The summed E-state index contributed by atoms with van der Waals surface area (Å²) >= 11 is 12.4. The SMILES string of the molecule is O=C(c1cc(-c2ccccc2)nc2ccccc12)N1N=C2/C(=C\c3ccc(Cl)cc3)CCC[C@@H]2[C@H]1c1ccc(Cl)cc1. The van der Waals surface area contributed by atoms with Crippen LogP contribution in [-0.2, 0) is 0 Å². The first kappa shape index (κ1) is 26.6. The normalized spacial score (nSPS) is 19.1. The Morgan fingerprint density at radius 3 is 2.29 bits per heavy atom. The second kappa shape index (κ2) is 11.2. The van der Waals surface area contributed by atoms with Crippen LogP contribution in [0.25, 0.3) is 28.2 Å². The van der Waals surface area contributed by atoms with Crippen LogP contribution in [0.3, 0.4) is 0 Å². The maximum atomic E-state index is 14.7. The zero-order valence-electron chi connectivity index (χ0n) is 22.8. The summed E-state index contributed by atoms with van der Waals surface area (Å²) in [6, 6.07) is 35.1. The van der Waals surface area contributed by atoms with Gasteiger partial charge in [-0.05, 0) is 78.4 Å². The molecule has 2 aliphatic rings. The number of fused-ring (bicyclic) bond motifs is 2. The van der Waals surface area contributed by atoms with Gasteiger partial charge < -0.3 is 0 Å². The second-order valence-corrected chi connectivity index (χ2v) is 11.7. The standard InChI is InChI=1S/C36H27Cl2N3O/c37-27-17-13-23(14-18-27)21-26-9-6-11-30-34(26)40-41(35(30)25-15-19-28(38)20-16-25)36(42)31-22-33(24-7-2-1-3-8-24)39-32-12-5-4-10-29(31)32/h1-5,7-8,10,12-22,30,35H,6,9,11H2/b26-21-/t30-,35+/m0/s1. The molecular weight excluding hydrogens is 561 g/mol. The highest BCUT2D eigenvalue weighted by Gasteiger charge is 2.44. The Morgan fingerprint density at radius 1 is 0.833 bits per heavy atom. The average Bonchev–Trinajstić information content (AvgIpc) is 3.43. The number of carbonyl (C=O) groups is 1. The number of rotatable bonds is 4. The minimum Gasteiger partial charge on any atom is -0.267 e. The fourth-order valence-electron chi connectivity index (χ4n) is 6.15. The minimum absolute atomic E-state index is 0.0733. The van der Waals surface area contributed by atoms with E-state index < -0.39 is 0 Å². The highest BCUT2D eigenvalue weighted by Crippen LogP contribution is 2.45. The van der Waals surface area contributed by atoms with Gasteiger partial charge in [0, 0.05) is 26.9 Å². The molecule has 4 nitrogen and oxygen atoms in total. The summed E-state index contributed by atoms with van der Waals surface area (Å²) in [5, 5.41) is 9.01. The van der Waals surface area contributed by atoms with Gasteiger partial charge in [0.25, 0.3) is 5.91 Å². The first-order chi connectivity index (χ1) is 20.5. The highest BCUT2D eigenvalue weighted by atomic mass is 35.5. The van der Waals surface area contributed by atoms with Crippen molar-refractivity contribution in [3.05, 3.63) is 142 Å². The number of nitrogens with zero attached hydrogens (tertiary/aromatic N) is 3. The number of halogens is 2. The molecule has 6 heteroatoms. The molecular formula is C36H27Cl2N3O. The number of hydrazone groups is 1. The average molecular weight is 589 g/mol. The van der Waals surface area contributed by atoms with E-state index in [0.29, 0.717) is 15.6 Å². The molecule has 0 saturated heterocycles. The summed E-state index contributed by atoms with van der Waals surface area (Å²) < 4.78 is 0. The third-order valence-corrected chi connectivity index (χ3v) is 8.65. The number of pyridine rings is 1. The third kappa shape index (κ3) is 5.02. The van der Waals surface area contributed by atoms with Gasteiger partial charge in [-0.15, -0.1) is 0 Å². The molecule has 1 amide bonds. The molecule has 2 heterocycles. The number of hydrogen-bond donors (Lipinski definition) is 0. The Labute approximate surface area is 254 Å². The number of aromatic nitrogens is 1. The molecule has 1 aromatic heterocycles. The predicted molar refractivity (Wildman–Crippen MR) is 172 cm³/mol. The van der Waals surface area contributed by atoms with E-state index in [0.717, 1.165) is 63.8 Å². The Kier molecular flexibility index (Phi) is 7.10. The molecule has 1 aliphatic carbocycles. The smallest absolute Gasteiger partial charge is 0.267 e. The molecule has 0 radical (unpaired) electrons. The first-order valence-electron chi connectivity index (χ1n) is 14.1. The molecule has 5 aromatic rings. The molecule has 0 spiro atoms. The van der Waals surface area contributed by atoms with E-state index in [2.05, 4.69) is 6.08 Å². The quantitative estimate of drug-likeness (QED) is 0.210. The largest absolute Gasteiger partial charge is 0.275 e. The molecule has 0 bridgehead atoms. The number of para-hydroxylation sites is 1. The maximum absolute atomic E-state index is 14.7. The number of amides is 1. The molecule has 206 valence electrons. The minimum atomic E-state index is -0.245. The molecule has 1 aliphatic heterocycles. The molecule has 2 atom stereocenters. The maximum Gasteiger partial charge on any atom is 0.275 e. The zero-order valence-corrected chi connectivity index (χ0v) is 24.3. The second-order valence-electron chi connectivity index (χ2n) is 10.8. The lowest BCUT2D eigenvalue weighted by molar-refractivity contribution is 0.0683. The van der Waals surface area contributed by atoms with Crippen molar-refractivity contribution in [2.45, 2.75) is 25.3 Å². The lowest BCUT2D eigenvalue weighted by atomic mass is 9.77. The van der Waals surface area contributed by atoms with Gasteiger partial charge in [-0.2, -0.15) is 5.10 Å². The monoisotopic (exact) mass is 587 g/mol. The van der Waals surface area contributed by atoms with Crippen LogP contribution in [0.15, 0.2) is 120 Å². The van der Waals surface area contributed by atoms with Crippen molar-refractivity contribution in [2.75, 3.05) is 0 Å². The number of allylic oxidation sites excluding steroid dienone is 1. The van der Waals surface area contributed by atoms with Crippen LogP contribution in [0.4, 0.5) is 0 Å². The van der Waals surface area contributed by atoms with Gasteiger partial charge in [-0.25, -0.2) is 9.99 Å². The van der Waals surface area contributed by atoms with Crippen LogP contribution >= 0.6 is 23.2 Å². The van der Waals surface area contributed by atoms with Gasteiger partial charge in [-0.3, -0.25) is 4.79 Å². The van der Waals surface area contributed by atoms with Crippen molar-refractivity contribution in [1.29, 1.82) is 0 Å². The van der Waals surface area contributed by atoms with Crippen molar-refractivity contribution in [3.8, 4) is 11.3 Å². The Bertz CT molecular complexity index is 1850. The van der Waals surface area contributed by atoms with Crippen LogP contribution in [0.1, 0.15) is 46.8 Å². The summed E-state index contributed by atoms with van der Waals surface area (Å²) in [6.45, 7) is 0. The van der Waals surface area contributed by atoms with Crippen molar-refractivity contribution in [1.82, 2.24) is 9.99 Å². The van der Waals surface area contributed by atoms with E-state index in [1.165, 1.54) is 0 Å². The van der Waals surface area contributed by atoms with E-state index in [-0.39, 0.29) is 17.9 Å². The number of hydrogen-bond acceptors (Lipinski definition) is 3. The fraction of sp³-hybridized carbons (Fsp3) is 0.139. The van der Waals surface area contributed by atoms with Crippen LogP contribution < -0.4 is 0 Å². The van der Waals surface area contributed by atoms with Gasteiger partial charge in [0.1, 0.15) is 0 Å². The fourth-order valence-corrected chi connectivity index (χ4v) is 6.41. The molecule has 7 rings (SSSR count). The summed E-state index contributed by atoms with van der Waals surface area (Å²) in [7, 11) is 0. The van der Waals surface area contributed by atoms with Gasteiger partial charge in [0.2, 0.25) is 0 Å². The lowest BCUT2D eigenvalue weighted by Crippen LogP contribution is -2.32. The van der Waals surface area contributed by atoms with Crippen LogP contribution in [0, 0.1) is 5.92 Å². The topological polar surface area (TPSA) is 45.6 Å². The zero-order chi connectivity index (χ0) is 28.6. The van der Waals surface area contributed by atoms with Gasteiger partial charge >= 0.3 is 0 Å². The van der Waals surface area contributed by atoms with Crippen LogP contribution in [-0.4, -0.2) is 21.6 Å². The Morgan fingerprint density at radius 2 is 1.52 bits per heavy atom. The van der Waals surface area contributed by atoms with Gasteiger partial charge in [-0.1, -0.05) is 96.0 Å². The first-order valence-corrected chi connectivity index (χ1v) is 14.9. The predicted octanol–water partition coefficient (Wildman–Crippen LogP) is 9.65. The van der Waals surface area contributed by atoms with Crippen molar-refractivity contribution in [3.63, 3.8) is 0 Å². The molecule has 0 unspecified atom stereocenters. The van der Waals surface area contributed by atoms with Crippen molar-refractivity contribution in [2.24, 2.45) is 11.0 Å². The van der Waals surface area contributed by atoms with E-state index in [4.69, 9.17) is 33.3 Å². The highest BCUT2D eigenvalue weighted by molar-refractivity contribution is 6.30. The Balaban J connectivity index is 1.37. The van der Waals surface area contributed by atoms with Crippen molar-refractivity contribution >= 4 is 51.8 Å². The molecule has 4 aromatic carbocycles. The van der Waals surface area contributed by atoms with Gasteiger partial charge in [0.05, 0.1) is 28.5 Å². The lowest BCUT2D eigenvalue weighted by Gasteiger charge is -2.30. The molecule has 42 heavy (non-hydrogen) atoms. The summed E-state index contributed by atoms with van der Waals surface area (Å²) in [6.07, 6.45) is 5.05. The molecule has 1 saturated carbocycles. The summed E-state index contributed by atoms with van der Waals surface area (Å²) in [5.41, 5.74) is 7.31. The third-order valence-electron chi connectivity index (χ3n) is 8.15. The summed E-state index contributed by atoms with van der Waals surface area (Å²) in [5.74, 6) is -0.0670. The van der Waals surface area contributed by atoms with E-state index in [1.807, 2.05) is 109 Å². The van der Waals surface area contributed by atoms with E-state index >= 15 is 0 Å². The van der Waals surface area contributed by atoms with Crippen LogP contribution in [0.5, 0.6) is 0 Å². The summed E-state index contributed by atoms with van der Waals surface area (Å²) in [4.78, 5) is 19.6.